The fraction of sp³-hybridized carbons (Fsp3) is 0.571. The molecule has 3 rings (SSSR count). The van der Waals surface area contributed by atoms with E-state index in [0.717, 1.165) is 30.4 Å². The van der Waals surface area contributed by atoms with Crippen LogP contribution in [0.5, 0.6) is 5.75 Å². The molecule has 3 nitrogen and oxygen atoms in total. The molecule has 1 aliphatic heterocycles. The van der Waals surface area contributed by atoms with E-state index < -0.39 is 0 Å². The zero-order valence-electron chi connectivity index (χ0n) is 10.6. The molecule has 18 heavy (non-hydrogen) atoms. The van der Waals surface area contributed by atoms with E-state index in [2.05, 4.69) is 11.9 Å². The van der Waals surface area contributed by atoms with E-state index in [1.807, 2.05) is 12.1 Å². The molecule has 1 heterocycles. The van der Waals surface area contributed by atoms with E-state index in [1.165, 1.54) is 13.1 Å². The van der Waals surface area contributed by atoms with Crippen LogP contribution in [0, 0.1) is 11.8 Å². The van der Waals surface area contributed by atoms with Crippen molar-refractivity contribution < 1.29 is 4.74 Å². The number of ether oxygens (including phenoxy) is 1. The van der Waals surface area contributed by atoms with Crippen LogP contribution in [0.25, 0.3) is 0 Å². The number of nitrogens with zero attached hydrogens (tertiary/aromatic N) is 1. The highest BCUT2D eigenvalue weighted by Gasteiger charge is 2.40. The van der Waals surface area contributed by atoms with Gasteiger partial charge in [-0.3, -0.25) is 0 Å². The van der Waals surface area contributed by atoms with Crippen LogP contribution >= 0.6 is 11.6 Å². The van der Waals surface area contributed by atoms with Gasteiger partial charge in [0.05, 0.1) is 11.1 Å². The predicted molar refractivity (Wildman–Crippen MR) is 74.0 cm³/mol. The first-order valence-electron chi connectivity index (χ1n) is 6.52. The quantitative estimate of drug-likeness (QED) is 0.837. The Bertz CT molecular complexity index is 437. The van der Waals surface area contributed by atoms with Crippen LogP contribution in [0.2, 0.25) is 5.02 Å². The van der Waals surface area contributed by atoms with Crippen LogP contribution < -0.4 is 10.5 Å². The fourth-order valence-electron chi connectivity index (χ4n) is 3.37. The third-order valence-corrected chi connectivity index (χ3v) is 4.44. The molecule has 2 N–H and O–H groups in total. The first kappa shape index (κ1) is 12.1. The number of hydrogen-bond donors (Lipinski definition) is 1. The Morgan fingerprint density at radius 1 is 1.28 bits per heavy atom. The van der Waals surface area contributed by atoms with Gasteiger partial charge in [0.25, 0.3) is 0 Å². The molecule has 2 atom stereocenters. The smallest absolute Gasteiger partial charge is 0.138 e. The zero-order chi connectivity index (χ0) is 12.7. The molecular formula is C14H19ClN2O. The SMILES string of the molecule is CN1CC2CC(Oc3ccc(N)cc3Cl)CC2C1. The van der Waals surface area contributed by atoms with Crippen molar-refractivity contribution in [1.29, 1.82) is 0 Å². The number of anilines is 1. The van der Waals surface area contributed by atoms with E-state index in [0.29, 0.717) is 16.8 Å². The minimum atomic E-state index is 0.315. The lowest BCUT2D eigenvalue weighted by Crippen LogP contribution is -2.20. The summed E-state index contributed by atoms with van der Waals surface area (Å²) in [5, 5.41) is 0.615. The second-order valence-electron chi connectivity index (χ2n) is 5.64. The third-order valence-electron chi connectivity index (χ3n) is 4.14. The number of likely N-dealkylation sites (tertiary alicyclic amines) is 1. The molecule has 1 aromatic carbocycles. The lowest BCUT2D eigenvalue weighted by Gasteiger charge is -2.17. The summed E-state index contributed by atoms with van der Waals surface area (Å²) in [5.41, 5.74) is 6.36. The lowest BCUT2D eigenvalue weighted by atomic mass is 10.0. The topological polar surface area (TPSA) is 38.5 Å². The summed E-state index contributed by atoms with van der Waals surface area (Å²) < 4.78 is 6.03. The van der Waals surface area contributed by atoms with E-state index in [9.17, 15) is 0 Å². The van der Waals surface area contributed by atoms with Gasteiger partial charge in [0.15, 0.2) is 0 Å². The first-order valence-corrected chi connectivity index (χ1v) is 6.90. The van der Waals surface area contributed by atoms with Crippen molar-refractivity contribution in [3.05, 3.63) is 23.2 Å². The van der Waals surface area contributed by atoms with E-state index in [4.69, 9.17) is 22.1 Å². The minimum Gasteiger partial charge on any atom is -0.489 e. The number of fused-ring (bicyclic) bond motifs is 1. The molecule has 0 radical (unpaired) electrons. The molecule has 0 aromatic heterocycles. The number of rotatable bonds is 2. The van der Waals surface area contributed by atoms with Gasteiger partial charge in [-0.1, -0.05) is 11.6 Å². The maximum absolute atomic E-state index is 6.14. The van der Waals surface area contributed by atoms with Gasteiger partial charge in [-0.15, -0.1) is 0 Å². The predicted octanol–water partition coefficient (Wildman–Crippen LogP) is 2.64. The molecule has 2 unspecified atom stereocenters. The number of nitrogen functional groups attached to an aromatic ring is 1. The second-order valence-corrected chi connectivity index (χ2v) is 6.05. The highest BCUT2D eigenvalue weighted by molar-refractivity contribution is 6.32. The molecule has 4 heteroatoms. The Hall–Kier alpha value is -0.930. The van der Waals surface area contributed by atoms with Crippen LogP contribution in [0.3, 0.4) is 0 Å². The number of hydrogen-bond acceptors (Lipinski definition) is 3. The summed E-state index contributed by atoms with van der Waals surface area (Å²) >= 11 is 6.14. The molecule has 2 fully saturated rings. The molecule has 0 spiro atoms. The molecule has 1 aromatic rings. The summed E-state index contributed by atoms with van der Waals surface area (Å²) in [6.45, 7) is 2.42. The second kappa shape index (κ2) is 4.63. The third kappa shape index (κ3) is 2.29. The Morgan fingerprint density at radius 3 is 2.56 bits per heavy atom. The van der Waals surface area contributed by atoms with Crippen molar-refractivity contribution in [3.63, 3.8) is 0 Å². The van der Waals surface area contributed by atoms with Gasteiger partial charge in [0, 0.05) is 18.8 Å². The largest absolute Gasteiger partial charge is 0.489 e. The zero-order valence-corrected chi connectivity index (χ0v) is 11.4. The summed E-state index contributed by atoms with van der Waals surface area (Å²) in [4.78, 5) is 2.42. The lowest BCUT2D eigenvalue weighted by molar-refractivity contribution is 0.190. The van der Waals surface area contributed by atoms with Crippen molar-refractivity contribution in [2.24, 2.45) is 11.8 Å². The monoisotopic (exact) mass is 266 g/mol. The molecule has 1 saturated heterocycles. The van der Waals surface area contributed by atoms with Crippen LogP contribution in [0.1, 0.15) is 12.8 Å². The number of halogens is 1. The van der Waals surface area contributed by atoms with Crippen LogP contribution in [-0.4, -0.2) is 31.1 Å². The molecule has 2 aliphatic rings. The van der Waals surface area contributed by atoms with Gasteiger partial charge < -0.3 is 15.4 Å². The van der Waals surface area contributed by atoms with Crippen molar-refractivity contribution in [3.8, 4) is 5.75 Å². The Morgan fingerprint density at radius 2 is 1.94 bits per heavy atom. The Labute approximate surface area is 113 Å². The first-order chi connectivity index (χ1) is 8.61. The van der Waals surface area contributed by atoms with Crippen molar-refractivity contribution in [2.45, 2.75) is 18.9 Å². The van der Waals surface area contributed by atoms with Gasteiger partial charge in [-0.2, -0.15) is 0 Å². The molecule has 0 bridgehead atoms. The molecule has 0 amide bonds. The van der Waals surface area contributed by atoms with E-state index >= 15 is 0 Å². The van der Waals surface area contributed by atoms with Gasteiger partial charge in [-0.25, -0.2) is 0 Å². The maximum Gasteiger partial charge on any atom is 0.138 e. The Balaban J connectivity index is 1.65. The van der Waals surface area contributed by atoms with E-state index in [-0.39, 0.29) is 0 Å². The fourth-order valence-corrected chi connectivity index (χ4v) is 3.60. The number of nitrogens with two attached hydrogens (primary N) is 1. The summed E-state index contributed by atoms with van der Waals surface area (Å²) in [6.07, 6.45) is 2.61. The van der Waals surface area contributed by atoms with Gasteiger partial charge in [0.1, 0.15) is 5.75 Å². The van der Waals surface area contributed by atoms with Gasteiger partial charge in [-0.05, 0) is 49.9 Å². The Kier molecular flexibility index (Phi) is 3.12. The summed E-state index contributed by atoms with van der Waals surface area (Å²) in [7, 11) is 2.20. The molecule has 1 saturated carbocycles. The van der Waals surface area contributed by atoms with Crippen molar-refractivity contribution in [2.75, 3.05) is 25.9 Å². The van der Waals surface area contributed by atoms with Gasteiger partial charge in [0.2, 0.25) is 0 Å². The van der Waals surface area contributed by atoms with Gasteiger partial charge >= 0.3 is 0 Å². The van der Waals surface area contributed by atoms with E-state index in [1.54, 1.807) is 6.07 Å². The maximum atomic E-state index is 6.14. The van der Waals surface area contributed by atoms with Crippen molar-refractivity contribution >= 4 is 17.3 Å². The standard InChI is InChI=1S/C14H19ClN2O/c1-17-7-9-4-12(5-10(9)8-17)18-14-3-2-11(16)6-13(14)15/h2-3,6,9-10,12H,4-5,7-8,16H2,1H3. The summed E-state index contributed by atoms with van der Waals surface area (Å²) in [6, 6.07) is 5.46. The average Bonchev–Trinajstić information content (AvgIpc) is 2.79. The normalized spacial score (nSPS) is 31.6. The molecule has 1 aliphatic carbocycles. The minimum absolute atomic E-state index is 0.315. The van der Waals surface area contributed by atoms with Crippen molar-refractivity contribution in [1.82, 2.24) is 4.90 Å². The number of benzene rings is 1. The highest BCUT2D eigenvalue weighted by atomic mass is 35.5. The molecule has 98 valence electrons. The van der Waals surface area contributed by atoms with Crippen LogP contribution in [0.4, 0.5) is 5.69 Å². The van der Waals surface area contributed by atoms with Crippen LogP contribution in [0.15, 0.2) is 18.2 Å². The highest BCUT2D eigenvalue weighted by Crippen LogP contribution is 2.40. The van der Waals surface area contributed by atoms with Crippen LogP contribution in [-0.2, 0) is 0 Å². The average molecular weight is 267 g/mol. The summed E-state index contributed by atoms with van der Waals surface area (Å²) in [5.74, 6) is 2.37. The molecular weight excluding hydrogens is 248 g/mol.